The number of amides is 1. The maximum atomic E-state index is 11.7. The summed E-state index contributed by atoms with van der Waals surface area (Å²) in [5.74, 6) is -0.0242. The molecule has 0 radical (unpaired) electrons. The fourth-order valence-corrected chi connectivity index (χ4v) is 1.70. The second-order valence-electron chi connectivity index (χ2n) is 3.81. The summed E-state index contributed by atoms with van der Waals surface area (Å²) in [6.45, 7) is 2.04. The van der Waals surface area contributed by atoms with Crippen LogP contribution in [0.3, 0.4) is 0 Å². The third kappa shape index (κ3) is 3.07. The van der Waals surface area contributed by atoms with E-state index in [9.17, 15) is 4.79 Å². The van der Waals surface area contributed by atoms with E-state index in [2.05, 4.69) is 31.3 Å². The SMILES string of the molecule is Cc1cc(NC(=O)Cn2cnc(N)n2)ccc1Br. The molecule has 0 atom stereocenters. The van der Waals surface area contributed by atoms with Gasteiger partial charge < -0.3 is 11.1 Å². The molecule has 7 heteroatoms. The Morgan fingerprint density at radius 1 is 1.56 bits per heavy atom. The minimum absolute atomic E-state index is 0.0827. The van der Waals surface area contributed by atoms with Gasteiger partial charge >= 0.3 is 0 Å². The average Bonchev–Trinajstić information content (AvgIpc) is 2.69. The van der Waals surface area contributed by atoms with Gasteiger partial charge in [0.15, 0.2) is 0 Å². The highest BCUT2D eigenvalue weighted by atomic mass is 79.9. The summed E-state index contributed by atoms with van der Waals surface area (Å²) < 4.78 is 2.39. The number of nitrogen functional groups attached to an aromatic ring is 1. The lowest BCUT2D eigenvalue weighted by Crippen LogP contribution is -2.19. The van der Waals surface area contributed by atoms with E-state index in [-0.39, 0.29) is 18.4 Å². The Balaban J connectivity index is 2.00. The van der Waals surface area contributed by atoms with Gasteiger partial charge in [-0.3, -0.25) is 4.79 Å². The van der Waals surface area contributed by atoms with Crippen molar-refractivity contribution < 1.29 is 4.79 Å². The summed E-state index contributed by atoms with van der Waals surface area (Å²) in [5.41, 5.74) is 7.16. The van der Waals surface area contributed by atoms with E-state index in [1.165, 1.54) is 11.0 Å². The summed E-state index contributed by atoms with van der Waals surface area (Å²) in [7, 11) is 0. The highest BCUT2D eigenvalue weighted by molar-refractivity contribution is 9.10. The Kier molecular flexibility index (Phi) is 3.61. The minimum atomic E-state index is -0.179. The number of halogens is 1. The number of nitrogens with two attached hydrogens (primary N) is 1. The third-order valence-electron chi connectivity index (χ3n) is 2.30. The predicted octanol–water partition coefficient (Wildman–Crippen LogP) is 1.57. The molecule has 0 spiro atoms. The van der Waals surface area contributed by atoms with Crippen LogP contribution in [0.1, 0.15) is 5.56 Å². The van der Waals surface area contributed by atoms with Crippen LogP contribution in [0.4, 0.5) is 11.6 Å². The number of aryl methyl sites for hydroxylation is 1. The molecule has 94 valence electrons. The van der Waals surface area contributed by atoms with Crippen molar-refractivity contribution in [2.75, 3.05) is 11.1 Å². The quantitative estimate of drug-likeness (QED) is 0.901. The van der Waals surface area contributed by atoms with E-state index in [0.717, 1.165) is 15.7 Å². The van der Waals surface area contributed by atoms with Crippen molar-refractivity contribution in [3.63, 3.8) is 0 Å². The zero-order chi connectivity index (χ0) is 13.1. The van der Waals surface area contributed by atoms with Gasteiger partial charge in [-0.15, -0.1) is 5.10 Å². The van der Waals surface area contributed by atoms with Crippen LogP contribution < -0.4 is 11.1 Å². The molecule has 1 heterocycles. The Morgan fingerprint density at radius 2 is 2.33 bits per heavy atom. The van der Waals surface area contributed by atoms with E-state index in [1.807, 2.05) is 25.1 Å². The van der Waals surface area contributed by atoms with Crippen molar-refractivity contribution in [1.82, 2.24) is 14.8 Å². The third-order valence-corrected chi connectivity index (χ3v) is 3.19. The van der Waals surface area contributed by atoms with E-state index in [4.69, 9.17) is 5.73 Å². The summed E-state index contributed by atoms with van der Waals surface area (Å²) in [6.07, 6.45) is 1.42. The molecule has 18 heavy (non-hydrogen) atoms. The zero-order valence-electron chi connectivity index (χ0n) is 9.72. The molecule has 0 saturated carbocycles. The fourth-order valence-electron chi connectivity index (χ4n) is 1.46. The first-order chi connectivity index (χ1) is 8.54. The maximum absolute atomic E-state index is 11.7. The molecule has 2 rings (SSSR count). The number of hydrogen-bond acceptors (Lipinski definition) is 4. The first kappa shape index (κ1) is 12.6. The molecule has 0 aliphatic carbocycles. The van der Waals surface area contributed by atoms with E-state index >= 15 is 0 Å². The Morgan fingerprint density at radius 3 is 2.94 bits per heavy atom. The Bertz CT molecular complexity index is 581. The number of carbonyl (C=O) groups is 1. The number of hydrogen-bond donors (Lipinski definition) is 2. The molecule has 1 aromatic heterocycles. The number of nitrogens with one attached hydrogen (secondary N) is 1. The second kappa shape index (κ2) is 5.18. The normalized spacial score (nSPS) is 10.3. The predicted molar refractivity (Wildman–Crippen MR) is 71.9 cm³/mol. The largest absolute Gasteiger partial charge is 0.367 e. The standard InChI is InChI=1S/C11H12BrN5O/c1-7-4-8(2-3-9(7)12)15-10(18)5-17-6-14-11(13)16-17/h2-4,6H,5H2,1H3,(H2,13,16)(H,15,18). The molecule has 1 amide bonds. The van der Waals surface area contributed by atoms with Crippen molar-refractivity contribution >= 4 is 33.5 Å². The van der Waals surface area contributed by atoms with Gasteiger partial charge in [0.1, 0.15) is 12.9 Å². The average molecular weight is 310 g/mol. The van der Waals surface area contributed by atoms with Crippen LogP contribution in [-0.2, 0) is 11.3 Å². The van der Waals surface area contributed by atoms with Gasteiger partial charge in [-0.1, -0.05) is 15.9 Å². The molecule has 0 saturated heterocycles. The molecular weight excluding hydrogens is 298 g/mol. The molecule has 0 bridgehead atoms. The summed E-state index contributed by atoms with van der Waals surface area (Å²) in [4.78, 5) is 15.5. The van der Waals surface area contributed by atoms with Gasteiger partial charge in [-0.25, -0.2) is 9.67 Å². The van der Waals surface area contributed by atoms with Crippen LogP contribution >= 0.6 is 15.9 Å². The lowest BCUT2D eigenvalue weighted by molar-refractivity contribution is -0.116. The molecule has 0 unspecified atom stereocenters. The van der Waals surface area contributed by atoms with Gasteiger partial charge in [0, 0.05) is 10.2 Å². The van der Waals surface area contributed by atoms with Crippen LogP contribution in [0.15, 0.2) is 29.0 Å². The lowest BCUT2D eigenvalue weighted by Gasteiger charge is -2.06. The number of rotatable bonds is 3. The number of benzene rings is 1. The highest BCUT2D eigenvalue weighted by Gasteiger charge is 2.06. The van der Waals surface area contributed by atoms with Gasteiger partial charge in [-0.2, -0.15) is 0 Å². The number of aromatic nitrogens is 3. The molecule has 0 fully saturated rings. The van der Waals surface area contributed by atoms with Gasteiger partial charge in [0.2, 0.25) is 11.9 Å². The van der Waals surface area contributed by atoms with Crippen LogP contribution in [0, 0.1) is 6.92 Å². The first-order valence-corrected chi connectivity index (χ1v) is 6.05. The molecular formula is C11H12BrN5O. The van der Waals surface area contributed by atoms with Crippen molar-refractivity contribution in [3.8, 4) is 0 Å². The molecule has 3 N–H and O–H groups in total. The molecule has 2 aromatic rings. The van der Waals surface area contributed by atoms with Crippen LogP contribution in [-0.4, -0.2) is 20.7 Å². The highest BCUT2D eigenvalue weighted by Crippen LogP contribution is 2.19. The summed E-state index contributed by atoms with van der Waals surface area (Å²) in [5, 5.41) is 6.62. The molecule has 6 nitrogen and oxygen atoms in total. The minimum Gasteiger partial charge on any atom is -0.367 e. The van der Waals surface area contributed by atoms with Crippen molar-refractivity contribution in [1.29, 1.82) is 0 Å². The number of anilines is 2. The van der Waals surface area contributed by atoms with Gasteiger partial charge in [0.05, 0.1) is 0 Å². The molecule has 0 aliphatic heterocycles. The number of nitrogens with zero attached hydrogens (tertiary/aromatic N) is 3. The van der Waals surface area contributed by atoms with E-state index in [0.29, 0.717) is 0 Å². The fraction of sp³-hybridized carbons (Fsp3) is 0.182. The summed E-state index contributed by atoms with van der Waals surface area (Å²) in [6, 6.07) is 5.60. The van der Waals surface area contributed by atoms with E-state index < -0.39 is 0 Å². The van der Waals surface area contributed by atoms with Crippen LogP contribution in [0.5, 0.6) is 0 Å². The van der Waals surface area contributed by atoms with Crippen LogP contribution in [0.2, 0.25) is 0 Å². The zero-order valence-corrected chi connectivity index (χ0v) is 11.3. The molecule has 0 aliphatic rings. The lowest BCUT2D eigenvalue weighted by atomic mass is 10.2. The van der Waals surface area contributed by atoms with Crippen molar-refractivity contribution in [3.05, 3.63) is 34.6 Å². The Hall–Kier alpha value is -1.89. The smallest absolute Gasteiger partial charge is 0.246 e. The van der Waals surface area contributed by atoms with Crippen LogP contribution in [0.25, 0.3) is 0 Å². The number of carbonyl (C=O) groups excluding carboxylic acids is 1. The second-order valence-corrected chi connectivity index (χ2v) is 4.67. The van der Waals surface area contributed by atoms with Crippen molar-refractivity contribution in [2.24, 2.45) is 0 Å². The first-order valence-electron chi connectivity index (χ1n) is 5.25. The van der Waals surface area contributed by atoms with Crippen molar-refractivity contribution in [2.45, 2.75) is 13.5 Å². The monoisotopic (exact) mass is 309 g/mol. The Labute approximate surface area is 112 Å². The van der Waals surface area contributed by atoms with Gasteiger partial charge in [-0.05, 0) is 30.7 Å². The van der Waals surface area contributed by atoms with E-state index in [1.54, 1.807) is 0 Å². The maximum Gasteiger partial charge on any atom is 0.246 e. The summed E-state index contributed by atoms with van der Waals surface area (Å²) >= 11 is 3.40. The molecule has 1 aromatic carbocycles. The van der Waals surface area contributed by atoms with Gasteiger partial charge in [0.25, 0.3) is 0 Å². The topological polar surface area (TPSA) is 85.8 Å².